The van der Waals surface area contributed by atoms with Crippen LogP contribution < -0.4 is 10.1 Å². The van der Waals surface area contributed by atoms with E-state index in [0.717, 1.165) is 41.6 Å². The van der Waals surface area contributed by atoms with Gasteiger partial charge in [-0.1, -0.05) is 24.6 Å². The van der Waals surface area contributed by atoms with Crippen molar-refractivity contribution in [3.63, 3.8) is 0 Å². The fraction of sp³-hybridized carbons (Fsp3) is 0.312. The molecule has 3 nitrogen and oxygen atoms in total. The molecule has 106 valence electrons. The van der Waals surface area contributed by atoms with Crippen LogP contribution in [-0.2, 0) is 13.1 Å². The van der Waals surface area contributed by atoms with Crippen molar-refractivity contribution in [3.8, 4) is 5.75 Å². The summed E-state index contributed by atoms with van der Waals surface area (Å²) >= 11 is 6.05. The van der Waals surface area contributed by atoms with E-state index in [2.05, 4.69) is 17.2 Å². The summed E-state index contributed by atoms with van der Waals surface area (Å²) in [5, 5.41) is 4.09. The predicted molar refractivity (Wildman–Crippen MR) is 82.0 cm³/mol. The van der Waals surface area contributed by atoms with E-state index in [0.29, 0.717) is 6.54 Å². The van der Waals surface area contributed by atoms with Crippen LogP contribution in [0.3, 0.4) is 0 Å². The highest BCUT2D eigenvalue weighted by Crippen LogP contribution is 2.23. The van der Waals surface area contributed by atoms with Crippen LogP contribution in [0.5, 0.6) is 5.75 Å². The Bertz CT molecular complexity index is 531. The van der Waals surface area contributed by atoms with Gasteiger partial charge in [-0.25, -0.2) is 0 Å². The zero-order chi connectivity index (χ0) is 14.2. The van der Waals surface area contributed by atoms with Gasteiger partial charge in [-0.3, -0.25) is 4.98 Å². The number of benzene rings is 1. The maximum Gasteiger partial charge on any atom is 0.123 e. The molecule has 0 aliphatic carbocycles. The Morgan fingerprint density at radius 3 is 2.85 bits per heavy atom. The molecule has 0 unspecified atom stereocenters. The predicted octanol–water partition coefficient (Wildman–Crippen LogP) is 3.81. The average molecular weight is 291 g/mol. The van der Waals surface area contributed by atoms with Gasteiger partial charge in [0.1, 0.15) is 5.75 Å². The normalized spacial score (nSPS) is 10.5. The van der Waals surface area contributed by atoms with E-state index in [4.69, 9.17) is 16.3 Å². The summed E-state index contributed by atoms with van der Waals surface area (Å²) in [5.41, 5.74) is 2.09. The van der Waals surface area contributed by atoms with Crippen molar-refractivity contribution in [1.82, 2.24) is 10.3 Å². The minimum absolute atomic E-state index is 0.705. The molecule has 0 aliphatic rings. The van der Waals surface area contributed by atoms with Gasteiger partial charge < -0.3 is 10.1 Å². The van der Waals surface area contributed by atoms with Crippen LogP contribution in [0, 0.1) is 0 Å². The van der Waals surface area contributed by atoms with Crippen molar-refractivity contribution in [2.75, 3.05) is 6.61 Å². The maximum atomic E-state index is 6.05. The highest BCUT2D eigenvalue weighted by molar-refractivity contribution is 6.30. The first-order chi connectivity index (χ1) is 9.79. The molecule has 0 bridgehead atoms. The van der Waals surface area contributed by atoms with Crippen molar-refractivity contribution >= 4 is 11.6 Å². The Morgan fingerprint density at radius 2 is 2.10 bits per heavy atom. The summed E-state index contributed by atoms with van der Waals surface area (Å²) in [4.78, 5) is 4.28. The van der Waals surface area contributed by atoms with Gasteiger partial charge in [-0.2, -0.15) is 0 Å². The lowest BCUT2D eigenvalue weighted by molar-refractivity contribution is 0.313. The van der Waals surface area contributed by atoms with Gasteiger partial charge in [0, 0.05) is 29.9 Å². The zero-order valence-corrected chi connectivity index (χ0v) is 12.4. The molecule has 0 fully saturated rings. The Hall–Kier alpha value is -1.58. The van der Waals surface area contributed by atoms with Crippen LogP contribution >= 0.6 is 11.6 Å². The third-order valence-corrected chi connectivity index (χ3v) is 3.07. The number of nitrogens with zero attached hydrogens (tertiary/aromatic N) is 1. The number of hydrogen-bond donors (Lipinski definition) is 1. The largest absolute Gasteiger partial charge is 0.493 e. The molecule has 4 heteroatoms. The first kappa shape index (κ1) is 14.8. The third-order valence-electron chi connectivity index (χ3n) is 2.83. The molecular formula is C16H19ClN2O. The summed E-state index contributed by atoms with van der Waals surface area (Å²) in [6.07, 6.45) is 2.79. The minimum atomic E-state index is 0.705. The van der Waals surface area contributed by atoms with Crippen molar-refractivity contribution < 1.29 is 4.74 Å². The quantitative estimate of drug-likeness (QED) is 0.842. The van der Waals surface area contributed by atoms with Crippen molar-refractivity contribution in [2.45, 2.75) is 26.4 Å². The standard InChI is InChI=1S/C16H19ClN2O/c1-2-9-20-16-7-6-14(17)10-13(16)11-18-12-15-5-3-4-8-19-15/h3-8,10,18H,2,9,11-12H2,1H3. The number of rotatable bonds is 7. The SMILES string of the molecule is CCCOc1ccc(Cl)cc1CNCc1ccccn1. The fourth-order valence-electron chi connectivity index (χ4n) is 1.87. The molecule has 1 aromatic carbocycles. The molecule has 0 spiro atoms. The number of pyridine rings is 1. The van der Waals surface area contributed by atoms with E-state index in [-0.39, 0.29) is 0 Å². The van der Waals surface area contributed by atoms with Crippen molar-refractivity contribution in [1.29, 1.82) is 0 Å². The first-order valence-corrected chi connectivity index (χ1v) is 7.19. The maximum absolute atomic E-state index is 6.05. The lowest BCUT2D eigenvalue weighted by Gasteiger charge is -2.12. The second-order valence-electron chi connectivity index (χ2n) is 4.53. The van der Waals surface area contributed by atoms with E-state index in [1.54, 1.807) is 6.20 Å². The number of nitrogens with one attached hydrogen (secondary N) is 1. The number of ether oxygens (including phenoxy) is 1. The number of aromatic nitrogens is 1. The topological polar surface area (TPSA) is 34.1 Å². The van der Waals surface area contributed by atoms with Gasteiger partial charge in [0.15, 0.2) is 0 Å². The zero-order valence-electron chi connectivity index (χ0n) is 11.6. The van der Waals surface area contributed by atoms with Crippen LogP contribution in [0.25, 0.3) is 0 Å². The molecule has 0 radical (unpaired) electrons. The van der Waals surface area contributed by atoms with E-state index < -0.39 is 0 Å². The number of halogens is 1. The minimum Gasteiger partial charge on any atom is -0.493 e. The molecule has 0 saturated carbocycles. The van der Waals surface area contributed by atoms with Crippen LogP contribution in [0.15, 0.2) is 42.6 Å². The lowest BCUT2D eigenvalue weighted by atomic mass is 10.2. The summed E-state index contributed by atoms with van der Waals surface area (Å²) in [7, 11) is 0. The molecule has 0 aliphatic heterocycles. The molecule has 20 heavy (non-hydrogen) atoms. The molecule has 2 rings (SSSR count). The average Bonchev–Trinajstić information content (AvgIpc) is 2.47. The van der Waals surface area contributed by atoms with Crippen LogP contribution in [-0.4, -0.2) is 11.6 Å². The second-order valence-corrected chi connectivity index (χ2v) is 4.96. The molecule has 0 saturated heterocycles. The van der Waals surface area contributed by atoms with Crippen LogP contribution in [0.4, 0.5) is 0 Å². The summed E-state index contributed by atoms with van der Waals surface area (Å²) in [6, 6.07) is 11.6. The first-order valence-electron chi connectivity index (χ1n) is 6.81. The summed E-state index contributed by atoms with van der Waals surface area (Å²) < 4.78 is 5.73. The molecule has 0 amide bonds. The number of hydrogen-bond acceptors (Lipinski definition) is 3. The van der Waals surface area contributed by atoms with Crippen molar-refractivity contribution in [2.24, 2.45) is 0 Å². The van der Waals surface area contributed by atoms with E-state index in [1.807, 2.05) is 36.4 Å². The van der Waals surface area contributed by atoms with Crippen LogP contribution in [0.2, 0.25) is 5.02 Å². The molecule has 1 aromatic heterocycles. The van der Waals surface area contributed by atoms with Gasteiger partial charge in [-0.05, 0) is 36.8 Å². The highest BCUT2D eigenvalue weighted by atomic mass is 35.5. The Balaban J connectivity index is 1.95. The molecule has 1 N–H and O–H groups in total. The summed E-state index contributed by atoms with van der Waals surface area (Å²) in [6.45, 7) is 4.24. The van der Waals surface area contributed by atoms with Gasteiger partial charge in [0.2, 0.25) is 0 Å². The van der Waals surface area contributed by atoms with E-state index in [9.17, 15) is 0 Å². The van der Waals surface area contributed by atoms with Gasteiger partial charge in [-0.15, -0.1) is 0 Å². The fourth-order valence-corrected chi connectivity index (χ4v) is 2.06. The Labute approximate surface area is 124 Å². The highest BCUT2D eigenvalue weighted by Gasteiger charge is 2.05. The monoisotopic (exact) mass is 290 g/mol. The smallest absolute Gasteiger partial charge is 0.123 e. The van der Waals surface area contributed by atoms with Gasteiger partial charge in [0.25, 0.3) is 0 Å². The molecule has 1 heterocycles. The second kappa shape index (κ2) is 7.88. The molecular weight excluding hydrogens is 272 g/mol. The molecule has 2 aromatic rings. The van der Waals surface area contributed by atoms with E-state index >= 15 is 0 Å². The lowest BCUT2D eigenvalue weighted by Crippen LogP contribution is -2.14. The summed E-state index contributed by atoms with van der Waals surface area (Å²) in [5.74, 6) is 0.893. The molecule has 0 atom stereocenters. The third kappa shape index (κ3) is 4.51. The Kier molecular flexibility index (Phi) is 5.84. The van der Waals surface area contributed by atoms with E-state index in [1.165, 1.54) is 0 Å². The Morgan fingerprint density at radius 1 is 1.20 bits per heavy atom. The van der Waals surface area contributed by atoms with Crippen molar-refractivity contribution in [3.05, 3.63) is 58.9 Å². The van der Waals surface area contributed by atoms with Gasteiger partial charge in [0.05, 0.1) is 12.3 Å². The van der Waals surface area contributed by atoms with Gasteiger partial charge >= 0.3 is 0 Å². The van der Waals surface area contributed by atoms with Crippen LogP contribution in [0.1, 0.15) is 24.6 Å².